The number of amides is 2. The summed E-state index contributed by atoms with van der Waals surface area (Å²) < 4.78 is 5.80. The van der Waals surface area contributed by atoms with Gasteiger partial charge in [0.1, 0.15) is 17.2 Å². The minimum Gasteiger partial charge on any atom is -0.457 e. The predicted octanol–water partition coefficient (Wildman–Crippen LogP) is 4.94. The number of nitro groups is 1. The van der Waals surface area contributed by atoms with Crippen molar-refractivity contribution in [3.63, 3.8) is 0 Å². The van der Waals surface area contributed by atoms with Gasteiger partial charge in [0.2, 0.25) is 0 Å². The summed E-state index contributed by atoms with van der Waals surface area (Å²) >= 11 is 0. The second-order valence-electron chi connectivity index (χ2n) is 7.56. The van der Waals surface area contributed by atoms with Crippen LogP contribution in [0.2, 0.25) is 0 Å². The number of hydrogen-bond donors (Lipinski definition) is 2. The molecule has 8 nitrogen and oxygen atoms in total. The number of carbonyl (C=O) groups is 2. The van der Waals surface area contributed by atoms with E-state index in [1.54, 1.807) is 54.6 Å². The van der Waals surface area contributed by atoms with Gasteiger partial charge in [-0.25, -0.2) is 0 Å². The highest BCUT2D eigenvalue weighted by molar-refractivity contribution is 6.05. The Balaban J connectivity index is 1.59. The minimum absolute atomic E-state index is 0.00488. The van der Waals surface area contributed by atoms with Gasteiger partial charge in [0.25, 0.3) is 17.5 Å². The lowest BCUT2D eigenvalue weighted by atomic mass is 10.1. The van der Waals surface area contributed by atoms with E-state index in [4.69, 9.17) is 4.42 Å². The lowest BCUT2D eigenvalue weighted by Gasteiger charge is -2.11. The Labute approximate surface area is 201 Å². The first kappa shape index (κ1) is 23.2. The Kier molecular flexibility index (Phi) is 7.13. The van der Waals surface area contributed by atoms with Gasteiger partial charge in [-0.1, -0.05) is 60.7 Å². The quantitative estimate of drug-likeness (QED) is 0.216. The van der Waals surface area contributed by atoms with Crippen molar-refractivity contribution < 1.29 is 18.9 Å². The average molecular weight is 467 g/mol. The van der Waals surface area contributed by atoms with E-state index in [2.05, 4.69) is 10.6 Å². The first-order chi connectivity index (χ1) is 17.0. The lowest BCUT2D eigenvalue weighted by molar-refractivity contribution is -0.384. The van der Waals surface area contributed by atoms with Crippen molar-refractivity contribution >= 4 is 23.6 Å². The molecule has 1 aromatic heterocycles. The molecule has 0 aliphatic rings. The van der Waals surface area contributed by atoms with E-state index < -0.39 is 16.7 Å². The van der Waals surface area contributed by atoms with Crippen molar-refractivity contribution in [3.8, 4) is 11.3 Å². The number of carbonyl (C=O) groups excluding carboxylic acids is 2. The van der Waals surface area contributed by atoms with Crippen LogP contribution in [-0.2, 0) is 11.3 Å². The molecule has 35 heavy (non-hydrogen) atoms. The van der Waals surface area contributed by atoms with Crippen LogP contribution in [0.25, 0.3) is 17.4 Å². The number of furan rings is 1. The van der Waals surface area contributed by atoms with E-state index >= 15 is 0 Å². The maximum absolute atomic E-state index is 13.0. The van der Waals surface area contributed by atoms with Gasteiger partial charge in [0.05, 0.1) is 4.92 Å². The molecule has 2 N–H and O–H groups in total. The fraction of sp³-hybridized carbons (Fsp3) is 0.0370. The fourth-order valence-electron chi connectivity index (χ4n) is 3.32. The van der Waals surface area contributed by atoms with Gasteiger partial charge in [0.15, 0.2) is 0 Å². The first-order valence-electron chi connectivity index (χ1n) is 10.7. The summed E-state index contributed by atoms with van der Waals surface area (Å²) in [7, 11) is 0. The Morgan fingerprint density at radius 1 is 0.886 bits per heavy atom. The molecule has 0 atom stereocenters. The minimum atomic E-state index is -0.494. The van der Waals surface area contributed by atoms with Gasteiger partial charge in [-0.15, -0.1) is 0 Å². The Morgan fingerprint density at radius 3 is 2.31 bits per heavy atom. The van der Waals surface area contributed by atoms with Crippen LogP contribution in [0.4, 0.5) is 5.69 Å². The zero-order valence-electron chi connectivity index (χ0n) is 18.5. The lowest BCUT2D eigenvalue weighted by Crippen LogP contribution is -2.34. The molecular formula is C27H21N3O5. The second kappa shape index (κ2) is 10.8. The maximum atomic E-state index is 13.0. The predicted molar refractivity (Wildman–Crippen MR) is 131 cm³/mol. The molecule has 0 fully saturated rings. The number of non-ortho nitro benzene ring substituents is 1. The third-order valence-electron chi connectivity index (χ3n) is 5.08. The number of nitrogens with zero attached hydrogens (tertiary/aromatic N) is 1. The number of nitro benzene ring substituents is 1. The highest BCUT2D eigenvalue weighted by Crippen LogP contribution is 2.26. The van der Waals surface area contributed by atoms with Gasteiger partial charge in [0, 0.05) is 35.9 Å². The molecule has 4 aromatic rings. The molecule has 8 heteroatoms. The van der Waals surface area contributed by atoms with Gasteiger partial charge >= 0.3 is 0 Å². The largest absolute Gasteiger partial charge is 0.457 e. The average Bonchev–Trinajstić information content (AvgIpc) is 3.36. The highest BCUT2D eigenvalue weighted by atomic mass is 16.6. The van der Waals surface area contributed by atoms with Crippen LogP contribution in [0, 0.1) is 10.1 Å². The molecule has 0 spiro atoms. The van der Waals surface area contributed by atoms with E-state index in [1.807, 2.05) is 30.3 Å². The zero-order valence-corrected chi connectivity index (χ0v) is 18.5. The monoisotopic (exact) mass is 467 g/mol. The van der Waals surface area contributed by atoms with Gasteiger partial charge in [-0.05, 0) is 29.8 Å². The van der Waals surface area contributed by atoms with Gasteiger partial charge < -0.3 is 15.1 Å². The Morgan fingerprint density at radius 2 is 1.60 bits per heavy atom. The van der Waals surface area contributed by atoms with Crippen LogP contribution >= 0.6 is 0 Å². The summed E-state index contributed by atoms with van der Waals surface area (Å²) in [6.45, 7) is 0.273. The topological polar surface area (TPSA) is 114 Å². The molecular weight excluding hydrogens is 446 g/mol. The van der Waals surface area contributed by atoms with Crippen LogP contribution in [0.5, 0.6) is 0 Å². The van der Waals surface area contributed by atoms with Gasteiger partial charge in [-0.3, -0.25) is 19.7 Å². The smallest absolute Gasteiger partial charge is 0.270 e. The molecule has 0 bridgehead atoms. The van der Waals surface area contributed by atoms with Crippen LogP contribution in [0.1, 0.15) is 21.7 Å². The summed E-state index contributed by atoms with van der Waals surface area (Å²) in [5.41, 5.74) is 1.75. The van der Waals surface area contributed by atoms with Crippen molar-refractivity contribution in [2.75, 3.05) is 0 Å². The number of rotatable bonds is 8. The van der Waals surface area contributed by atoms with Crippen LogP contribution < -0.4 is 10.6 Å². The summed E-state index contributed by atoms with van der Waals surface area (Å²) in [6, 6.07) is 27.2. The molecule has 174 valence electrons. The zero-order chi connectivity index (χ0) is 24.6. The fourth-order valence-corrected chi connectivity index (χ4v) is 3.32. The van der Waals surface area contributed by atoms with Crippen molar-refractivity contribution in [2.24, 2.45) is 0 Å². The molecule has 4 rings (SSSR count). The summed E-state index contributed by atoms with van der Waals surface area (Å²) in [5.74, 6) is -0.258. The summed E-state index contributed by atoms with van der Waals surface area (Å²) in [6.07, 6.45) is 1.42. The number of hydrogen-bond acceptors (Lipinski definition) is 5. The molecule has 0 unspecified atom stereocenters. The van der Waals surface area contributed by atoms with Crippen LogP contribution in [0.3, 0.4) is 0 Å². The molecule has 3 aromatic carbocycles. The van der Waals surface area contributed by atoms with E-state index in [1.165, 1.54) is 18.2 Å². The summed E-state index contributed by atoms with van der Waals surface area (Å²) in [4.78, 5) is 36.3. The molecule has 0 radical (unpaired) electrons. The van der Waals surface area contributed by atoms with E-state index in [9.17, 15) is 19.7 Å². The Bertz CT molecular complexity index is 1380. The standard InChI is InChI=1S/C27H21N3O5/c31-26(20-10-5-2-6-11-20)29-24(27(32)28-18-19-8-3-1-4-9-19)17-23-14-15-25(35-23)21-12-7-13-22(16-21)30(33)34/h1-17H,18H2,(H,28,32)(H,29,31). The maximum Gasteiger partial charge on any atom is 0.270 e. The van der Waals surface area contributed by atoms with E-state index in [0.717, 1.165) is 5.56 Å². The van der Waals surface area contributed by atoms with Crippen molar-refractivity contribution in [2.45, 2.75) is 6.54 Å². The Hall–Kier alpha value is -4.98. The highest BCUT2D eigenvalue weighted by Gasteiger charge is 2.16. The third kappa shape index (κ3) is 6.08. The van der Waals surface area contributed by atoms with Crippen molar-refractivity contribution in [1.29, 1.82) is 0 Å². The number of benzene rings is 3. The molecule has 0 aliphatic heterocycles. The van der Waals surface area contributed by atoms with Gasteiger partial charge in [-0.2, -0.15) is 0 Å². The van der Waals surface area contributed by atoms with Crippen molar-refractivity contribution in [1.82, 2.24) is 10.6 Å². The van der Waals surface area contributed by atoms with Crippen molar-refractivity contribution in [3.05, 3.63) is 130 Å². The van der Waals surface area contributed by atoms with E-state index in [-0.39, 0.29) is 17.9 Å². The normalized spacial score (nSPS) is 11.0. The molecule has 2 amide bonds. The third-order valence-corrected chi connectivity index (χ3v) is 5.08. The van der Waals surface area contributed by atoms with Crippen LogP contribution in [-0.4, -0.2) is 16.7 Å². The summed E-state index contributed by atoms with van der Waals surface area (Å²) in [5, 5.41) is 16.5. The van der Waals surface area contributed by atoms with E-state index in [0.29, 0.717) is 22.6 Å². The molecule has 0 saturated heterocycles. The molecule has 0 saturated carbocycles. The van der Waals surface area contributed by atoms with Crippen LogP contribution in [0.15, 0.2) is 107 Å². The number of nitrogens with one attached hydrogen (secondary N) is 2. The first-order valence-corrected chi connectivity index (χ1v) is 10.7. The SMILES string of the molecule is O=C(NCc1ccccc1)C(=Cc1ccc(-c2cccc([N+](=O)[O-])c2)o1)NC(=O)c1ccccc1. The molecule has 0 aliphatic carbocycles. The second-order valence-corrected chi connectivity index (χ2v) is 7.56. The molecule has 1 heterocycles.